The smallest absolute Gasteiger partial charge is 0.279 e. The molecule has 3 rings (SSSR count). The van der Waals surface area contributed by atoms with E-state index in [-0.39, 0.29) is 5.91 Å². The fraction of sp³-hybridized carbons (Fsp3) is 0.286. The average molecular weight is 417 g/mol. The molecule has 0 aromatic heterocycles. The molecular weight excluding hydrogens is 390 g/mol. The van der Waals surface area contributed by atoms with Crippen molar-refractivity contribution in [2.75, 3.05) is 45.2 Å². The van der Waals surface area contributed by atoms with E-state index in [2.05, 4.69) is 5.32 Å². The van der Waals surface area contributed by atoms with Crippen LogP contribution >= 0.6 is 0 Å². The summed E-state index contributed by atoms with van der Waals surface area (Å²) in [4.78, 5) is 13.3. The molecular formula is C21H26N3O4S+. The number of rotatable bonds is 7. The van der Waals surface area contributed by atoms with Crippen LogP contribution < -0.4 is 15.0 Å². The van der Waals surface area contributed by atoms with Gasteiger partial charge in [0.2, 0.25) is 10.0 Å². The maximum absolute atomic E-state index is 12.5. The first kappa shape index (κ1) is 21.0. The number of ether oxygens (including phenoxy) is 1. The van der Waals surface area contributed by atoms with Crippen molar-refractivity contribution >= 4 is 27.7 Å². The fourth-order valence-electron chi connectivity index (χ4n) is 3.16. The number of methoxy groups -OCH3 is 1. The van der Waals surface area contributed by atoms with Crippen molar-refractivity contribution in [2.45, 2.75) is 0 Å². The van der Waals surface area contributed by atoms with Crippen molar-refractivity contribution in [3.8, 4) is 5.75 Å². The zero-order valence-electron chi connectivity index (χ0n) is 16.4. The third-order valence-corrected chi connectivity index (χ3v) is 6.37. The number of amides is 1. The van der Waals surface area contributed by atoms with Crippen molar-refractivity contribution in [3.63, 3.8) is 0 Å². The summed E-state index contributed by atoms with van der Waals surface area (Å²) >= 11 is 0. The summed E-state index contributed by atoms with van der Waals surface area (Å²) < 4.78 is 31.6. The number of anilines is 1. The lowest BCUT2D eigenvalue weighted by Gasteiger charge is -2.30. The molecule has 1 aliphatic heterocycles. The third kappa shape index (κ3) is 6.15. The predicted molar refractivity (Wildman–Crippen MR) is 113 cm³/mol. The van der Waals surface area contributed by atoms with Crippen LogP contribution in [0.2, 0.25) is 0 Å². The first-order valence-corrected chi connectivity index (χ1v) is 11.0. The van der Waals surface area contributed by atoms with Crippen molar-refractivity contribution in [3.05, 3.63) is 65.6 Å². The van der Waals surface area contributed by atoms with Gasteiger partial charge in [0.1, 0.15) is 5.75 Å². The van der Waals surface area contributed by atoms with E-state index in [1.54, 1.807) is 37.5 Å². The van der Waals surface area contributed by atoms with E-state index in [1.807, 2.05) is 30.3 Å². The van der Waals surface area contributed by atoms with Crippen LogP contribution in [-0.4, -0.2) is 58.5 Å². The van der Waals surface area contributed by atoms with Gasteiger partial charge in [0.05, 0.1) is 33.3 Å². The van der Waals surface area contributed by atoms with Crippen molar-refractivity contribution in [1.29, 1.82) is 0 Å². The molecule has 29 heavy (non-hydrogen) atoms. The molecule has 0 unspecified atom stereocenters. The lowest BCUT2D eigenvalue weighted by atomic mass is 10.2. The molecule has 154 valence electrons. The first-order chi connectivity index (χ1) is 14.0. The number of nitrogens with one attached hydrogen (secondary N) is 2. The summed E-state index contributed by atoms with van der Waals surface area (Å²) in [5, 5.41) is 4.12. The topological polar surface area (TPSA) is 80.2 Å². The Labute approximate surface area is 171 Å². The van der Waals surface area contributed by atoms with Crippen LogP contribution in [-0.2, 0) is 14.8 Å². The lowest BCUT2D eigenvalue weighted by molar-refractivity contribution is -0.895. The van der Waals surface area contributed by atoms with Crippen LogP contribution in [0.5, 0.6) is 5.75 Å². The van der Waals surface area contributed by atoms with E-state index in [1.165, 1.54) is 9.71 Å². The summed E-state index contributed by atoms with van der Waals surface area (Å²) in [5.41, 5.74) is 1.55. The van der Waals surface area contributed by atoms with Gasteiger partial charge >= 0.3 is 0 Å². The SMILES string of the molecule is COc1ccc(NC(=O)C[NH+]2CCN(S(=O)(=O)/C=C/c3ccccc3)CC2)cc1. The van der Waals surface area contributed by atoms with Gasteiger partial charge < -0.3 is 15.0 Å². The number of hydrogen-bond donors (Lipinski definition) is 2. The monoisotopic (exact) mass is 416 g/mol. The third-order valence-electron chi connectivity index (χ3n) is 4.81. The summed E-state index contributed by atoms with van der Waals surface area (Å²) in [5.74, 6) is 0.637. The summed E-state index contributed by atoms with van der Waals surface area (Å²) in [6.07, 6.45) is 1.61. The Bertz CT molecular complexity index is 936. The fourth-order valence-corrected chi connectivity index (χ4v) is 4.35. The van der Waals surface area contributed by atoms with Crippen LogP contribution in [0.1, 0.15) is 5.56 Å². The second kappa shape index (κ2) is 9.69. The van der Waals surface area contributed by atoms with E-state index in [0.717, 1.165) is 16.2 Å². The predicted octanol–water partition coefficient (Wildman–Crippen LogP) is 0.835. The van der Waals surface area contributed by atoms with Crippen LogP contribution in [0.25, 0.3) is 6.08 Å². The number of carbonyl (C=O) groups excluding carboxylic acids is 1. The standard InChI is InChI=1S/C21H25N3O4S/c1-28-20-9-7-19(8-10-20)22-21(25)17-23-12-14-24(15-13-23)29(26,27)16-11-18-5-3-2-4-6-18/h2-11,16H,12-15,17H2,1H3,(H,22,25)/p+1/b16-11+. The highest BCUT2D eigenvalue weighted by atomic mass is 32.2. The van der Waals surface area contributed by atoms with Crippen molar-refractivity contribution < 1.29 is 22.8 Å². The van der Waals surface area contributed by atoms with Gasteiger partial charge in [0.15, 0.2) is 6.54 Å². The molecule has 0 aliphatic carbocycles. The molecule has 2 N–H and O–H groups in total. The van der Waals surface area contributed by atoms with Gasteiger partial charge in [0.25, 0.3) is 5.91 Å². The minimum atomic E-state index is -3.46. The number of carbonyl (C=O) groups is 1. The molecule has 1 aliphatic rings. The van der Waals surface area contributed by atoms with Crippen LogP contribution in [0.15, 0.2) is 60.0 Å². The van der Waals surface area contributed by atoms with Gasteiger partial charge in [-0.2, -0.15) is 4.31 Å². The average Bonchev–Trinajstić information content (AvgIpc) is 2.74. The van der Waals surface area contributed by atoms with Gasteiger partial charge in [-0.05, 0) is 35.9 Å². The van der Waals surface area contributed by atoms with Crippen molar-refractivity contribution in [1.82, 2.24) is 4.31 Å². The van der Waals surface area contributed by atoms with Gasteiger partial charge in [-0.25, -0.2) is 8.42 Å². The Hall–Kier alpha value is -2.68. The van der Waals surface area contributed by atoms with Gasteiger partial charge in [-0.15, -0.1) is 0 Å². The highest BCUT2D eigenvalue weighted by molar-refractivity contribution is 7.92. The molecule has 1 fully saturated rings. The van der Waals surface area contributed by atoms with Crippen molar-refractivity contribution in [2.24, 2.45) is 0 Å². The molecule has 2 aromatic rings. The largest absolute Gasteiger partial charge is 0.497 e. The first-order valence-electron chi connectivity index (χ1n) is 9.47. The van der Waals surface area contributed by atoms with E-state index in [4.69, 9.17) is 4.74 Å². The highest BCUT2D eigenvalue weighted by Crippen LogP contribution is 2.14. The second-order valence-corrected chi connectivity index (χ2v) is 8.68. The molecule has 1 saturated heterocycles. The molecule has 0 spiro atoms. The van der Waals surface area contributed by atoms with Gasteiger partial charge in [0, 0.05) is 11.1 Å². The zero-order chi connectivity index (χ0) is 20.7. The Balaban J connectivity index is 1.48. The summed E-state index contributed by atoms with van der Waals surface area (Å²) in [6, 6.07) is 16.5. The number of nitrogens with zero attached hydrogens (tertiary/aromatic N) is 1. The minimum absolute atomic E-state index is 0.0922. The molecule has 8 heteroatoms. The normalized spacial score (nSPS) is 16.0. The summed E-state index contributed by atoms with van der Waals surface area (Å²) in [6.45, 7) is 2.28. The number of piperazine rings is 1. The maximum atomic E-state index is 12.5. The molecule has 1 amide bonds. The molecule has 0 bridgehead atoms. The molecule has 0 atom stereocenters. The molecule has 7 nitrogen and oxygen atoms in total. The minimum Gasteiger partial charge on any atom is -0.497 e. The van der Waals surface area contributed by atoms with E-state index >= 15 is 0 Å². The molecule has 0 radical (unpaired) electrons. The molecule has 1 heterocycles. The van der Waals surface area contributed by atoms with E-state index in [9.17, 15) is 13.2 Å². The van der Waals surface area contributed by atoms with E-state index in [0.29, 0.717) is 38.4 Å². The van der Waals surface area contributed by atoms with Gasteiger partial charge in [-0.3, -0.25) is 4.79 Å². The van der Waals surface area contributed by atoms with Crippen LogP contribution in [0, 0.1) is 0 Å². The van der Waals surface area contributed by atoms with Crippen LogP contribution in [0.3, 0.4) is 0 Å². The Kier molecular flexibility index (Phi) is 7.03. The van der Waals surface area contributed by atoms with Crippen LogP contribution in [0.4, 0.5) is 5.69 Å². The Morgan fingerprint density at radius 1 is 1.10 bits per heavy atom. The number of quaternary nitrogens is 1. The maximum Gasteiger partial charge on any atom is 0.279 e. The number of sulfonamides is 1. The molecule has 2 aromatic carbocycles. The number of hydrogen-bond acceptors (Lipinski definition) is 4. The second-order valence-electron chi connectivity index (χ2n) is 6.86. The van der Waals surface area contributed by atoms with Gasteiger partial charge in [-0.1, -0.05) is 30.3 Å². The molecule has 0 saturated carbocycles. The zero-order valence-corrected chi connectivity index (χ0v) is 17.2. The van der Waals surface area contributed by atoms with E-state index < -0.39 is 10.0 Å². The lowest BCUT2D eigenvalue weighted by Crippen LogP contribution is -3.15. The highest BCUT2D eigenvalue weighted by Gasteiger charge is 2.28. The summed E-state index contributed by atoms with van der Waals surface area (Å²) in [7, 11) is -1.87. The quantitative estimate of drug-likeness (QED) is 0.701. The Morgan fingerprint density at radius 3 is 2.38 bits per heavy atom. The number of benzene rings is 2. The Morgan fingerprint density at radius 2 is 1.76 bits per heavy atom.